The van der Waals surface area contributed by atoms with E-state index in [0.29, 0.717) is 0 Å². The Labute approximate surface area is 85.8 Å². The molecule has 0 aliphatic carbocycles. The number of halogens is 1. The Balaban J connectivity index is 0.000000640. The molecule has 0 bridgehead atoms. The quantitative estimate of drug-likeness (QED) is 0.405. The van der Waals surface area contributed by atoms with E-state index in [1.807, 2.05) is 6.07 Å². The summed E-state index contributed by atoms with van der Waals surface area (Å²) in [5.41, 5.74) is 0. The first kappa shape index (κ1) is 9.76. The van der Waals surface area contributed by atoms with E-state index in [-0.39, 0.29) is 44.3 Å². The van der Waals surface area contributed by atoms with Gasteiger partial charge in [-0.15, -0.1) is 27.0 Å². The van der Waals surface area contributed by atoms with Gasteiger partial charge in [-0.3, -0.25) is 4.05 Å². The highest BCUT2D eigenvalue weighted by Crippen LogP contribution is 1.89. The normalized spacial score (nSPS) is 6.56. The van der Waals surface area contributed by atoms with Crippen molar-refractivity contribution in [2.45, 2.75) is 0 Å². The van der Waals surface area contributed by atoms with Crippen molar-refractivity contribution in [3.05, 3.63) is 17.5 Å². The monoisotopic (exact) mass is 260 g/mol. The molecule has 0 N–H and O–H groups in total. The molecule has 0 aliphatic rings. The fourth-order valence-corrected chi connectivity index (χ4v) is 2.33. The van der Waals surface area contributed by atoms with E-state index < -0.39 is 0 Å². The lowest BCUT2D eigenvalue weighted by Crippen LogP contribution is -2.04. The van der Waals surface area contributed by atoms with E-state index in [0.717, 1.165) is 0 Å². The van der Waals surface area contributed by atoms with E-state index in [4.69, 9.17) is 6.42 Å². The molecule has 0 aliphatic heterocycles. The summed E-state index contributed by atoms with van der Waals surface area (Å²) >= 11 is 1.45. The molecule has 9 heavy (non-hydrogen) atoms. The Kier molecular flexibility index (Phi) is 6.00. The van der Waals surface area contributed by atoms with Crippen LogP contribution >= 0.6 is 35.3 Å². The number of hydrogen-bond acceptors (Lipinski definition) is 1. The van der Waals surface area contributed by atoms with Gasteiger partial charge in [-0.2, -0.15) is 17.8 Å². The van der Waals surface area contributed by atoms with Gasteiger partial charge < -0.3 is 0 Å². The minimum atomic E-state index is -0.313. The number of hydrogen-bond donors (Lipinski definition) is 0. The summed E-state index contributed by atoms with van der Waals surface area (Å²) < 4.78 is 4.13. The summed E-state index contributed by atoms with van der Waals surface area (Å²) in [6.45, 7) is 0. The Morgan fingerprint density at radius 3 is 2.89 bits per heavy atom. The van der Waals surface area contributed by atoms with Crippen LogP contribution < -0.4 is 3.01 Å². The third kappa shape index (κ3) is 3.45. The van der Waals surface area contributed by atoms with Crippen molar-refractivity contribution in [2.24, 2.45) is 0 Å². The minimum absolute atomic E-state index is 0. The average molecular weight is 260 g/mol. The predicted molar refractivity (Wildman–Crippen MR) is 54.0 cm³/mol. The molecule has 0 fully saturated rings. The maximum Gasteiger partial charge on any atom is 0.530 e. The smallest absolute Gasteiger partial charge is 0.269 e. The molecule has 0 aromatic carbocycles. The van der Waals surface area contributed by atoms with Crippen LogP contribution in [0.4, 0.5) is 0 Å². The molecular weight excluding hydrogens is 255 g/mol. The van der Waals surface area contributed by atoms with Crippen LogP contribution in [-0.2, 0) is 0 Å². The fraction of sp³-hybridized carbons (Fsp3) is 0. The van der Waals surface area contributed by atoms with Gasteiger partial charge in [0.25, 0.3) is 0 Å². The Bertz CT molecular complexity index is 187. The maximum atomic E-state index is 5.14. The van der Waals surface area contributed by atoms with Gasteiger partial charge >= 0.3 is 20.4 Å². The van der Waals surface area contributed by atoms with E-state index >= 15 is 0 Å². The summed E-state index contributed by atoms with van der Waals surface area (Å²) in [4.78, 5) is 0. The lowest BCUT2D eigenvalue weighted by Gasteiger charge is -1.75. The first-order valence-electron chi connectivity index (χ1n) is 2.39. The predicted octanol–water partition coefficient (Wildman–Crippen LogP) is 1.29. The summed E-state index contributed by atoms with van der Waals surface area (Å²) in [6.07, 6.45) is 5.14. The van der Waals surface area contributed by atoms with E-state index in [9.17, 15) is 0 Å². The summed E-state index contributed by atoms with van der Waals surface area (Å²) in [5, 5.41) is 2.07. The number of thiophene rings is 1. The molecule has 0 unspecified atom stereocenters. The molecule has 1 rings (SSSR count). The van der Waals surface area contributed by atoms with Crippen LogP contribution in [-0.4, -0.2) is 20.4 Å². The average Bonchev–Trinajstić information content (AvgIpc) is 2.19. The summed E-state index contributed by atoms with van der Waals surface area (Å²) in [6, 6.07) is 4.15. The van der Waals surface area contributed by atoms with Gasteiger partial charge in [0.2, 0.25) is 0 Å². The maximum absolute atomic E-state index is 5.14. The molecular formula is C6H5IMgS. The van der Waals surface area contributed by atoms with E-state index in [2.05, 4.69) is 15.5 Å². The van der Waals surface area contributed by atoms with Gasteiger partial charge in [0.05, 0.1) is 0 Å². The van der Waals surface area contributed by atoms with Crippen molar-refractivity contribution in [1.29, 1.82) is 0 Å². The number of rotatable bonds is 1. The van der Waals surface area contributed by atoms with Crippen LogP contribution in [0.1, 0.15) is 0 Å². The summed E-state index contributed by atoms with van der Waals surface area (Å²) in [7, 11) is 0. The molecule has 3 heteroatoms. The van der Waals surface area contributed by atoms with Crippen LogP contribution in [0.25, 0.3) is 0 Å². The van der Waals surface area contributed by atoms with Crippen molar-refractivity contribution in [2.75, 3.05) is 0 Å². The Morgan fingerprint density at radius 2 is 2.44 bits per heavy atom. The molecule has 0 saturated heterocycles. The highest BCUT2D eigenvalue weighted by atomic mass is 127. The van der Waals surface area contributed by atoms with Gasteiger partial charge in [0.15, 0.2) is 0 Å². The molecule has 0 saturated carbocycles. The van der Waals surface area contributed by atoms with Gasteiger partial charge in [-0.1, -0.05) is 12.1 Å². The largest absolute Gasteiger partial charge is 0.530 e. The molecule has 0 nitrogen and oxygen atoms in total. The van der Waals surface area contributed by atoms with E-state index in [1.54, 1.807) is 11.3 Å². The van der Waals surface area contributed by atoms with Gasteiger partial charge in [-0.05, 0) is 5.38 Å². The third-order valence-corrected chi connectivity index (χ3v) is 3.31. The van der Waals surface area contributed by atoms with Crippen LogP contribution in [0.3, 0.4) is 0 Å². The zero-order valence-corrected chi connectivity index (χ0v) is 9.39. The topological polar surface area (TPSA) is 0 Å². The lowest BCUT2D eigenvalue weighted by atomic mass is 10.7. The minimum Gasteiger partial charge on any atom is -0.269 e. The highest BCUT2D eigenvalue weighted by molar-refractivity contribution is 14.0. The molecule has 0 radical (unpaired) electrons. The first-order chi connectivity index (χ1) is 3.93. The second-order valence-corrected chi connectivity index (χ2v) is 4.53. The SMILES string of the molecule is C#[C][Mg][c]1cccs1.I. The number of terminal acetylenes is 1. The molecule has 1 heterocycles. The van der Waals surface area contributed by atoms with Crippen LogP contribution in [0.5, 0.6) is 0 Å². The Hall–Kier alpha value is 0.756. The van der Waals surface area contributed by atoms with Gasteiger partial charge in [0, 0.05) is 0 Å². The molecule has 0 amide bonds. The molecule has 1 aromatic heterocycles. The fourth-order valence-electron chi connectivity index (χ4n) is 0.514. The molecule has 44 valence electrons. The van der Waals surface area contributed by atoms with Gasteiger partial charge in [0.1, 0.15) is 0 Å². The van der Waals surface area contributed by atoms with Crippen LogP contribution in [0, 0.1) is 10.5 Å². The molecule has 1 aromatic rings. The molecule has 0 spiro atoms. The summed E-state index contributed by atoms with van der Waals surface area (Å²) in [5.74, 6) is 0. The van der Waals surface area contributed by atoms with Crippen molar-refractivity contribution >= 4 is 58.7 Å². The second kappa shape index (κ2) is 5.53. The van der Waals surface area contributed by atoms with Gasteiger partial charge in [-0.25, -0.2) is 0 Å². The molecule has 0 atom stereocenters. The Morgan fingerprint density at radius 1 is 1.67 bits per heavy atom. The first-order valence-corrected chi connectivity index (χ1v) is 4.68. The highest BCUT2D eigenvalue weighted by Gasteiger charge is 1.93. The van der Waals surface area contributed by atoms with Crippen molar-refractivity contribution in [1.82, 2.24) is 0 Å². The van der Waals surface area contributed by atoms with Crippen molar-refractivity contribution in [3.63, 3.8) is 0 Å². The second-order valence-electron chi connectivity index (χ2n) is 1.46. The zero-order chi connectivity index (χ0) is 5.82. The third-order valence-electron chi connectivity index (χ3n) is 0.856. The standard InChI is InChI=1S/C4H3S.C2H.HI.Mg/c1-2-4-5-3-1;1-2;;/h1-3H;1H;1H;. The van der Waals surface area contributed by atoms with E-state index in [1.165, 1.54) is 3.01 Å². The zero-order valence-electron chi connectivity index (χ0n) is 4.83. The lowest BCUT2D eigenvalue weighted by molar-refractivity contribution is 2.07. The van der Waals surface area contributed by atoms with Crippen LogP contribution in [0.15, 0.2) is 17.5 Å². The van der Waals surface area contributed by atoms with Crippen LogP contribution in [0.2, 0.25) is 0 Å². The van der Waals surface area contributed by atoms with Crippen molar-refractivity contribution < 1.29 is 0 Å². The van der Waals surface area contributed by atoms with Crippen molar-refractivity contribution in [3.8, 4) is 10.5 Å².